The number of rotatable bonds is 4. The van der Waals surface area contributed by atoms with Crippen LogP contribution in [0.3, 0.4) is 0 Å². The molecule has 1 saturated heterocycles. The lowest BCUT2D eigenvalue weighted by Gasteiger charge is -2.36. The monoisotopic (exact) mass is 357 g/mol. The van der Waals surface area contributed by atoms with E-state index in [4.69, 9.17) is 12.2 Å². The number of halogens is 1. The summed E-state index contributed by atoms with van der Waals surface area (Å²) in [4.78, 5) is 4.45. The second kappa shape index (κ2) is 8.41. The summed E-state index contributed by atoms with van der Waals surface area (Å²) in [5.41, 5.74) is 3.10. The Morgan fingerprint density at radius 1 is 1.04 bits per heavy atom. The van der Waals surface area contributed by atoms with Gasteiger partial charge in [-0.25, -0.2) is 4.39 Å². The first-order valence-corrected chi connectivity index (χ1v) is 9.17. The molecule has 0 unspecified atom stereocenters. The lowest BCUT2D eigenvalue weighted by atomic mass is 10.1. The summed E-state index contributed by atoms with van der Waals surface area (Å²) in [7, 11) is 0. The van der Waals surface area contributed by atoms with Crippen molar-refractivity contribution < 1.29 is 4.39 Å². The Morgan fingerprint density at radius 3 is 2.36 bits per heavy atom. The molecule has 0 atom stereocenters. The van der Waals surface area contributed by atoms with Crippen LogP contribution in [0.1, 0.15) is 18.1 Å². The summed E-state index contributed by atoms with van der Waals surface area (Å²) in [6.45, 7) is 6.27. The maximum atomic E-state index is 13.8. The van der Waals surface area contributed by atoms with Gasteiger partial charge in [0.25, 0.3) is 0 Å². The molecule has 0 aromatic heterocycles. The molecule has 1 aliphatic heterocycles. The molecule has 3 rings (SSSR count). The fourth-order valence-corrected chi connectivity index (χ4v) is 3.30. The van der Waals surface area contributed by atoms with Crippen LogP contribution < -0.4 is 5.32 Å². The van der Waals surface area contributed by atoms with Gasteiger partial charge < -0.3 is 10.2 Å². The fourth-order valence-electron chi connectivity index (χ4n) is 3.00. The van der Waals surface area contributed by atoms with Gasteiger partial charge in [-0.3, -0.25) is 4.90 Å². The van der Waals surface area contributed by atoms with E-state index in [-0.39, 0.29) is 5.82 Å². The molecule has 132 valence electrons. The molecule has 0 saturated carbocycles. The van der Waals surface area contributed by atoms with Crippen LogP contribution in [0.4, 0.5) is 10.1 Å². The molecule has 0 radical (unpaired) electrons. The lowest BCUT2D eigenvalue weighted by Crippen LogP contribution is -2.49. The standard InChI is InChI=1S/C20H24FN3S/c1-2-16-7-9-18(10-8-16)22-20(25)24-13-11-23(12-14-24)15-17-5-3-4-6-19(17)21/h3-10H,2,11-15H2,1H3,(H,22,25). The van der Waals surface area contributed by atoms with Crippen molar-refractivity contribution in [3.05, 3.63) is 65.5 Å². The number of aryl methyl sites for hydroxylation is 1. The lowest BCUT2D eigenvalue weighted by molar-refractivity contribution is 0.175. The molecule has 1 aliphatic rings. The van der Waals surface area contributed by atoms with Crippen molar-refractivity contribution >= 4 is 23.0 Å². The Morgan fingerprint density at radius 2 is 1.72 bits per heavy atom. The summed E-state index contributed by atoms with van der Waals surface area (Å²) in [5, 5.41) is 4.07. The molecular formula is C20H24FN3S. The van der Waals surface area contributed by atoms with E-state index in [2.05, 4.69) is 46.3 Å². The quantitative estimate of drug-likeness (QED) is 0.836. The molecule has 5 heteroatoms. The van der Waals surface area contributed by atoms with Crippen molar-refractivity contribution in [3.63, 3.8) is 0 Å². The van der Waals surface area contributed by atoms with Crippen molar-refractivity contribution in [3.8, 4) is 0 Å². The molecule has 0 spiro atoms. The first-order valence-electron chi connectivity index (χ1n) is 8.76. The van der Waals surface area contributed by atoms with E-state index >= 15 is 0 Å². The zero-order chi connectivity index (χ0) is 17.6. The van der Waals surface area contributed by atoms with E-state index < -0.39 is 0 Å². The minimum Gasteiger partial charge on any atom is -0.346 e. The van der Waals surface area contributed by atoms with Crippen molar-refractivity contribution in [2.45, 2.75) is 19.9 Å². The van der Waals surface area contributed by atoms with Crippen molar-refractivity contribution in [1.29, 1.82) is 0 Å². The number of hydrogen-bond donors (Lipinski definition) is 1. The highest BCUT2D eigenvalue weighted by Gasteiger charge is 2.19. The summed E-state index contributed by atoms with van der Waals surface area (Å²) >= 11 is 5.54. The van der Waals surface area contributed by atoms with E-state index in [0.717, 1.165) is 49.0 Å². The Balaban J connectivity index is 1.49. The first kappa shape index (κ1) is 17.8. The van der Waals surface area contributed by atoms with Crippen LogP contribution in [0.2, 0.25) is 0 Å². The van der Waals surface area contributed by atoms with Gasteiger partial charge in [-0.1, -0.05) is 37.3 Å². The zero-order valence-electron chi connectivity index (χ0n) is 14.5. The second-order valence-corrected chi connectivity index (χ2v) is 6.72. The average molecular weight is 357 g/mol. The molecule has 1 fully saturated rings. The maximum absolute atomic E-state index is 13.8. The molecular weight excluding hydrogens is 333 g/mol. The number of benzene rings is 2. The van der Waals surface area contributed by atoms with E-state index in [0.29, 0.717) is 6.54 Å². The van der Waals surface area contributed by atoms with Gasteiger partial charge in [0, 0.05) is 44.0 Å². The Hall–Kier alpha value is -1.98. The Labute approximate surface area is 154 Å². The Kier molecular flexibility index (Phi) is 6.00. The smallest absolute Gasteiger partial charge is 0.173 e. The highest BCUT2D eigenvalue weighted by atomic mass is 32.1. The van der Waals surface area contributed by atoms with Gasteiger partial charge in [0.1, 0.15) is 5.82 Å². The molecule has 1 heterocycles. The van der Waals surface area contributed by atoms with Gasteiger partial charge in [0.2, 0.25) is 0 Å². The molecule has 25 heavy (non-hydrogen) atoms. The highest BCUT2D eigenvalue weighted by Crippen LogP contribution is 2.14. The van der Waals surface area contributed by atoms with Crippen LogP contribution in [0, 0.1) is 5.82 Å². The van der Waals surface area contributed by atoms with E-state index in [9.17, 15) is 4.39 Å². The predicted molar refractivity (Wildman–Crippen MR) is 105 cm³/mol. The number of nitrogens with one attached hydrogen (secondary N) is 1. The average Bonchev–Trinajstić information content (AvgIpc) is 2.65. The van der Waals surface area contributed by atoms with Crippen LogP contribution in [-0.2, 0) is 13.0 Å². The van der Waals surface area contributed by atoms with Gasteiger partial charge in [0.05, 0.1) is 0 Å². The summed E-state index contributed by atoms with van der Waals surface area (Å²) < 4.78 is 13.8. The largest absolute Gasteiger partial charge is 0.346 e. The van der Waals surface area contributed by atoms with Crippen LogP contribution in [0.5, 0.6) is 0 Å². The summed E-state index contributed by atoms with van der Waals surface area (Å²) in [5.74, 6) is -0.127. The van der Waals surface area contributed by atoms with Crippen LogP contribution in [0.25, 0.3) is 0 Å². The number of nitrogens with zero attached hydrogens (tertiary/aromatic N) is 2. The van der Waals surface area contributed by atoms with E-state index in [1.165, 1.54) is 11.6 Å². The third kappa shape index (κ3) is 4.77. The summed E-state index contributed by atoms with van der Waals surface area (Å²) in [6, 6.07) is 15.4. The molecule has 0 amide bonds. The SMILES string of the molecule is CCc1ccc(NC(=S)N2CCN(Cc3ccccc3F)CC2)cc1. The highest BCUT2D eigenvalue weighted by molar-refractivity contribution is 7.80. The molecule has 3 nitrogen and oxygen atoms in total. The van der Waals surface area contributed by atoms with Gasteiger partial charge in [-0.05, 0) is 42.4 Å². The molecule has 0 bridgehead atoms. The number of piperazine rings is 1. The maximum Gasteiger partial charge on any atom is 0.173 e. The zero-order valence-corrected chi connectivity index (χ0v) is 15.4. The van der Waals surface area contributed by atoms with Crippen molar-refractivity contribution in [2.24, 2.45) is 0 Å². The van der Waals surface area contributed by atoms with E-state index in [1.54, 1.807) is 6.07 Å². The topological polar surface area (TPSA) is 18.5 Å². The normalized spacial score (nSPS) is 15.2. The van der Waals surface area contributed by atoms with Gasteiger partial charge in [-0.2, -0.15) is 0 Å². The summed E-state index contributed by atoms with van der Waals surface area (Å²) in [6.07, 6.45) is 1.04. The van der Waals surface area contributed by atoms with E-state index in [1.807, 2.05) is 12.1 Å². The third-order valence-electron chi connectivity index (χ3n) is 4.62. The van der Waals surface area contributed by atoms with Crippen LogP contribution >= 0.6 is 12.2 Å². The van der Waals surface area contributed by atoms with Crippen LogP contribution in [0.15, 0.2) is 48.5 Å². The Bertz CT molecular complexity index is 709. The van der Waals surface area contributed by atoms with Gasteiger partial charge in [-0.15, -0.1) is 0 Å². The van der Waals surface area contributed by atoms with Crippen molar-refractivity contribution in [2.75, 3.05) is 31.5 Å². The number of anilines is 1. The first-order chi connectivity index (χ1) is 12.2. The van der Waals surface area contributed by atoms with Crippen molar-refractivity contribution in [1.82, 2.24) is 9.80 Å². The second-order valence-electron chi connectivity index (χ2n) is 6.34. The molecule has 2 aromatic carbocycles. The van der Waals surface area contributed by atoms with Gasteiger partial charge >= 0.3 is 0 Å². The minimum absolute atomic E-state index is 0.127. The predicted octanol–water partition coefficient (Wildman–Crippen LogP) is 3.90. The molecule has 0 aliphatic carbocycles. The molecule has 2 aromatic rings. The van der Waals surface area contributed by atoms with Gasteiger partial charge in [0.15, 0.2) is 5.11 Å². The fraction of sp³-hybridized carbons (Fsp3) is 0.350. The number of hydrogen-bond acceptors (Lipinski definition) is 2. The van der Waals surface area contributed by atoms with Crippen LogP contribution in [-0.4, -0.2) is 41.1 Å². The third-order valence-corrected chi connectivity index (χ3v) is 4.99. The minimum atomic E-state index is -0.127. The molecule has 1 N–H and O–H groups in total. The number of thiocarbonyl (C=S) groups is 1.